The number of benzene rings is 1. The van der Waals surface area contributed by atoms with Gasteiger partial charge in [-0.1, -0.05) is 0 Å². The van der Waals surface area contributed by atoms with E-state index in [0.29, 0.717) is 25.4 Å². The van der Waals surface area contributed by atoms with Crippen molar-refractivity contribution >= 4 is 21.6 Å². The van der Waals surface area contributed by atoms with Crippen LogP contribution in [0, 0.1) is 0 Å². The summed E-state index contributed by atoms with van der Waals surface area (Å²) in [5.41, 5.74) is 0.383. The molecule has 1 aromatic carbocycles. The number of hydrogen-bond donors (Lipinski definition) is 1. The van der Waals surface area contributed by atoms with Crippen molar-refractivity contribution in [1.82, 2.24) is 9.21 Å². The summed E-state index contributed by atoms with van der Waals surface area (Å²) in [6.07, 6.45) is 1.58. The highest BCUT2D eigenvalue weighted by Crippen LogP contribution is 2.30. The Bertz CT molecular complexity index is 923. The molecular weight excluding hydrogens is 398 g/mol. The van der Waals surface area contributed by atoms with Gasteiger partial charge in [-0.15, -0.1) is 0 Å². The van der Waals surface area contributed by atoms with E-state index in [2.05, 4.69) is 5.32 Å². The molecule has 0 unspecified atom stereocenters. The fourth-order valence-corrected chi connectivity index (χ4v) is 4.64. The molecule has 1 N–H and O–H groups in total. The number of carbonyl (C=O) groups excluding carboxylic acids is 1. The van der Waals surface area contributed by atoms with E-state index < -0.39 is 10.0 Å². The number of methoxy groups -OCH3 is 1. The Hall–Kier alpha value is -2.40. The van der Waals surface area contributed by atoms with Crippen LogP contribution in [-0.4, -0.2) is 70.5 Å². The standard InChI is InChI=1S/C19H25N3O6S/c1-21(13-16-4-3-9-28-16)14-19(23)20-15-5-6-17(26-2)18(12-15)29(24,25)22-7-10-27-11-8-22/h3-6,9,12H,7-8,10-11,13-14H2,1-2H3,(H,20,23). The lowest BCUT2D eigenvalue weighted by Gasteiger charge is -2.27. The molecule has 1 aliphatic heterocycles. The molecule has 1 fully saturated rings. The summed E-state index contributed by atoms with van der Waals surface area (Å²) in [5, 5.41) is 2.74. The first-order valence-corrected chi connectivity index (χ1v) is 10.6. The van der Waals surface area contributed by atoms with E-state index >= 15 is 0 Å². The third kappa shape index (κ3) is 5.36. The predicted octanol–water partition coefficient (Wildman–Crippen LogP) is 1.38. The molecule has 0 atom stereocenters. The molecular formula is C19H25N3O6S. The van der Waals surface area contributed by atoms with Crippen LogP contribution in [0.5, 0.6) is 5.75 Å². The van der Waals surface area contributed by atoms with Crippen molar-refractivity contribution in [2.75, 3.05) is 52.3 Å². The fraction of sp³-hybridized carbons (Fsp3) is 0.421. The van der Waals surface area contributed by atoms with Crippen molar-refractivity contribution in [3.05, 3.63) is 42.4 Å². The van der Waals surface area contributed by atoms with Crippen LogP contribution < -0.4 is 10.1 Å². The van der Waals surface area contributed by atoms with Crippen LogP contribution >= 0.6 is 0 Å². The molecule has 2 aromatic rings. The summed E-state index contributed by atoms with van der Waals surface area (Å²) < 4.78 is 43.1. The first-order valence-electron chi connectivity index (χ1n) is 9.17. The SMILES string of the molecule is COc1ccc(NC(=O)CN(C)Cc2ccco2)cc1S(=O)(=O)N1CCOCC1. The highest BCUT2D eigenvalue weighted by Gasteiger charge is 2.29. The molecule has 3 rings (SSSR count). The number of anilines is 1. The van der Waals surface area contributed by atoms with Gasteiger partial charge in [0.25, 0.3) is 0 Å². The van der Waals surface area contributed by atoms with Crippen LogP contribution in [0.25, 0.3) is 0 Å². The summed E-state index contributed by atoms with van der Waals surface area (Å²) in [7, 11) is -0.558. The normalized spacial score (nSPS) is 15.4. The zero-order valence-electron chi connectivity index (χ0n) is 16.5. The molecule has 0 aliphatic carbocycles. The molecule has 29 heavy (non-hydrogen) atoms. The molecule has 2 heterocycles. The van der Waals surface area contributed by atoms with E-state index in [1.165, 1.54) is 23.5 Å². The molecule has 1 aromatic heterocycles. The third-order valence-corrected chi connectivity index (χ3v) is 6.37. The summed E-state index contributed by atoms with van der Waals surface area (Å²) >= 11 is 0. The number of sulfonamides is 1. The topological polar surface area (TPSA) is 101 Å². The number of nitrogens with one attached hydrogen (secondary N) is 1. The summed E-state index contributed by atoms with van der Waals surface area (Å²) in [4.78, 5) is 14.2. The number of amides is 1. The molecule has 10 heteroatoms. The molecule has 158 valence electrons. The number of furan rings is 1. The van der Waals surface area contributed by atoms with E-state index in [1.807, 2.05) is 6.07 Å². The van der Waals surface area contributed by atoms with Gasteiger partial charge in [-0.05, 0) is 37.4 Å². The van der Waals surface area contributed by atoms with Gasteiger partial charge < -0.3 is 19.2 Å². The molecule has 0 radical (unpaired) electrons. The second-order valence-electron chi connectivity index (χ2n) is 6.68. The highest BCUT2D eigenvalue weighted by atomic mass is 32.2. The first-order chi connectivity index (χ1) is 13.9. The predicted molar refractivity (Wildman–Crippen MR) is 106 cm³/mol. The van der Waals surface area contributed by atoms with Gasteiger partial charge in [-0.2, -0.15) is 4.31 Å². The number of likely N-dealkylation sites (N-methyl/N-ethyl adjacent to an activating group) is 1. The molecule has 1 saturated heterocycles. The second-order valence-corrected chi connectivity index (χ2v) is 8.59. The van der Waals surface area contributed by atoms with Crippen LogP contribution in [0.2, 0.25) is 0 Å². The van der Waals surface area contributed by atoms with Crippen molar-refractivity contribution in [2.24, 2.45) is 0 Å². The summed E-state index contributed by atoms with van der Waals surface area (Å²) in [6, 6.07) is 8.20. The maximum atomic E-state index is 13.0. The Kier molecular flexibility index (Phi) is 6.91. The largest absolute Gasteiger partial charge is 0.495 e. The van der Waals surface area contributed by atoms with E-state index in [9.17, 15) is 13.2 Å². The van der Waals surface area contributed by atoms with E-state index in [1.54, 1.807) is 30.3 Å². The number of morpholine rings is 1. The second kappa shape index (κ2) is 9.40. The van der Waals surface area contributed by atoms with Crippen LogP contribution in [-0.2, 0) is 26.1 Å². The van der Waals surface area contributed by atoms with Crippen molar-refractivity contribution < 1.29 is 27.1 Å². The lowest BCUT2D eigenvalue weighted by molar-refractivity contribution is -0.117. The number of carbonyl (C=O) groups is 1. The molecule has 9 nitrogen and oxygen atoms in total. The minimum atomic E-state index is -3.77. The smallest absolute Gasteiger partial charge is 0.246 e. The minimum Gasteiger partial charge on any atom is -0.495 e. The van der Waals surface area contributed by atoms with Gasteiger partial charge in [0.1, 0.15) is 16.4 Å². The Morgan fingerprint density at radius 3 is 2.69 bits per heavy atom. The average molecular weight is 423 g/mol. The fourth-order valence-electron chi connectivity index (χ4n) is 3.05. The van der Waals surface area contributed by atoms with Crippen molar-refractivity contribution in [1.29, 1.82) is 0 Å². The number of ether oxygens (including phenoxy) is 2. The van der Waals surface area contributed by atoms with Crippen molar-refractivity contribution in [2.45, 2.75) is 11.4 Å². The van der Waals surface area contributed by atoms with Gasteiger partial charge in [0.15, 0.2) is 0 Å². The third-order valence-electron chi connectivity index (χ3n) is 4.45. The maximum Gasteiger partial charge on any atom is 0.246 e. The monoisotopic (exact) mass is 423 g/mol. The summed E-state index contributed by atoms with van der Waals surface area (Å²) in [5.74, 6) is 0.715. The van der Waals surface area contributed by atoms with Gasteiger partial charge in [-0.3, -0.25) is 9.69 Å². The lowest BCUT2D eigenvalue weighted by Crippen LogP contribution is -2.40. The first kappa shape index (κ1) is 21.3. The molecule has 0 spiro atoms. The van der Waals surface area contributed by atoms with Gasteiger partial charge >= 0.3 is 0 Å². The number of hydrogen-bond acceptors (Lipinski definition) is 7. The molecule has 1 amide bonds. The molecule has 0 saturated carbocycles. The summed E-state index contributed by atoms with van der Waals surface area (Å²) in [6.45, 7) is 1.86. The van der Waals surface area contributed by atoms with Gasteiger partial charge in [0.2, 0.25) is 15.9 Å². The Labute approximate surface area is 170 Å². The Morgan fingerprint density at radius 1 is 1.28 bits per heavy atom. The number of rotatable bonds is 8. The van der Waals surface area contributed by atoms with Gasteiger partial charge in [0, 0.05) is 18.8 Å². The lowest BCUT2D eigenvalue weighted by atomic mass is 10.3. The zero-order valence-corrected chi connectivity index (χ0v) is 17.3. The van der Waals surface area contributed by atoms with Crippen LogP contribution in [0.4, 0.5) is 5.69 Å². The minimum absolute atomic E-state index is 0.0173. The van der Waals surface area contributed by atoms with Crippen LogP contribution in [0.15, 0.2) is 45.9 Å². The highest BCUT2D eigenvalue weighted by molar-refractivity contribution is 7.89. The zero-order chi connectivity index (χ0) is 20.9. The number of nitrogens with zero attached hydrogens (tertiary/aromatic N) is 2. The van der Waals surface area contributed by atoms with E-state index in [-0.39, 0.29) is 36.2 Å². The molecule has 0 bridgehead atoms. The van der Waals surface area contributed by atoms with Gasteiger partial charge in [0.05, 0.1) is 39.7 Å². The van der Waals surface area contributed by atoms with E-state index in [0.717, 1.165) is 5.76 Å². The quantitative estimate of drug-likeness (QED) is 0.684. The maximum absolute atomic E-state index is 13.0. The van der Waals surface area contributed by atoms with Crippen LogP contribution in [0.3, 0.4) is 0 Å². The Balaban J connectivity index is 1.71. The van der Waals surface area contributed by atoms with Crippen molar-refractivity contribution in [3.8, 4) is 5.75 Å². The average Bonchev–Trinajstić information content (AvgIpc) is 3.21. The van der Waals surface area contributed by atoms with Crippen molar-refractivity contribution in [3.63, 3.8) is 0 Å². The molecule has 1 aliphatic rings. The Morgan fingerprint density at radius 2 is 2.03 bits per heavy atom. The van der Waals surface area contributed by atoms with Gasteiger partial charge in [-0.25, -0.2) is 8.42 Å². The van der Waals surface area contributed by atoms with E-state index in [4.69, 9.17) is 13.9 Å². The van der Waals surface area contributed by atoms with Crippen LogP contribution in [0.1, 0.15) is 5.76 Å².